The van der Waals surface area contributed by atoms with Gasteiger partial charge in [-0.05, 0) is 75.1 Å². The van der Waals surface area contributed by atoms with Crippen molar-refractivity contribution in [3.05, 3.63) is 47.3 Å². The Labute approximate surface area is 192 Å². The van der Waals surface area contributed by atoms with Crippen LogP contribution in [0.25, 0.3) is 0 Å². The van der Waals surface area contributed by atoms with E-state index in [-0.39, 0.29) is 11.8 Å². The van der Waals surface area contributed by atoms with E-state index >= 15 is 0 Å². The zero-order chi connectivity index (χ0) is 22.5. The van der Waals surface area contributed by atoms with Gasteiger partial charge in [0.2, 0.25) is 11.9 Å². The van der Waals surface area contributed by atoms with Crippen LogP contribution in [0.5, 0.6) is 0 Å². The van der Waals surface area contributed by atoms with E-state index in [1.807, 2.05) is 6.20 Å². The number of hydrogen-bond donors (Lipinski definition) is 1. The van der Waals surface area contributed by atoms with Gasteiger partial charge in [0.25, 0.3) is 0 Å². The third kappa shape index (κ3) is 5.22. The van der Waals surface area contributed by atoms with Gasteiger partial charge in [-0.2, -0.15) is 0 Å². The number of aryl methyl sites for hydroxylation is 1. The van der Waals surface area contributed by atoms with E-state index in [1.54, 1.807) is 0 Å². The molecule has 0 radical (unpaired) electrons. The highest BCUT2D eigenvalue weighted by Gasteiger charge is 2.26. The number of carbonyl (C=O) groups excluding carboxylic acids is 1. The Kier molecular flexibility index (Phi) is 7.28. The molecule has 0 unspecified atom stereocenters. The van der Waals surface area contributed by atoms with Crippen molar-refractivity contribution in [1.29, 1.82) is 0 Å². The molecular formula is C26H37N5O. The molecule has 1 aliphatic carbocycles. The highest BCUT2D eigenvalue weighted by molar-refractivity contribution is 5.79. The van der Waals surface area contributed by atoms with Crippen LogP contribution < -0.4 is 15.1 Å². The normalized spacial score (nSPS) is 18.8. The van der Waals surface area contributed by atoms with Crippen LogP contribution >= 0.6 is 0 Å². The summed E-state index contributed by atoms with van der Waals surface area (Å²) in [4.78, 5) is 26.8. The second-order valence-electron chi connectivity index (χ2n) is 9.31. The van der Waals surface area contributed by atoms with E-state index < -0.39 is 0 Å². The zero-order valence-electron chi connectivity index (χ0n) is 19.8. The minimum absolute atomic E-state index is 0.0000149. The number of nitrogens with zero attached hydrogens (tertiary/aromatic N) is 4. The van der Waals surface area contributed by atoms with Crippen LogP contribution in [0.3, 0.4) is 0 Å². The minimum Gasteiger partial charge on any atom is -0.372 e. The fourth-order valence-corrected chi connectivity index (χ4v) is 4.80. The number of fused-ring (bicyclic) bond motifs is 1. The summed E-state index contributed by atoms with van der Waals surface area (Å²) in [5.74, 6) is 1.78. The summed E-state index contributed by atoms with van der Waals surface area (Å²) in [6.45, 7) is 11.2. The largest absolute Gasteiger partial charge is 0.372 e. The standard InChI is InChI=1S/C26H37N5O/c1-4-30(5-2)26-28-18-22-16-21(8-11-24(22)29-26)25(32)27-17-20-6-9-23(10-7-20)31-14-12-19(3)13-15-31/h6-7,9-10,18-19,21H,4-5,8,11-17H2,1-3H3,(H,27,32)/t21-/m0/s1. The van der Waals surface area contributed by atoms with E-state index in [1.165, 1.54) is 18.5 Å². The summed E-state index contributed by atoms with van der Waals surface area (Å²) in [5.41, 5.74) is 4.66. The van der Waals surface area contributed by atoms with Crippen LogP contribution in [0.15, 0.2) is 30.5 Å². The van der Waals surface area contributed by atoms with Crippen molar-refractivity contribution >= 4 is 17.5 Å². The average Bonchev–Trinajstić information content (AvgIpc) is 2.84. The second-order valence-corrected chi connectivity index (χ2v) is 9.31. The van der Waals surface area contributed by atoms with Crippen LogP contribution in [0.4, 0.5) is 11.6 Å². The number of nitrogens with one attached hydrogen (secondary N) is 1. The second kappa shape index (κ2) is 10.3. The molecule has 1 aromatic carbocycles. The number of benzene rings is 1. The molecule has 0 spiro atoms. The van der Waals surface area contributed by atoms with E-state index in [9.17, 15) is 4.79 Å². The van der Waals surface area contributed by atoms with E-state index in [4.69, 9.17) is 4.98 Å². The van der Waals surface area contributed by atoms with Gasteiger partial charge in [-0.1, -0.05) is 19.1 Å². The summed E-state index contributed by atoms with van der Waals surface area (Å²) in [5, 5.41) is 3.15. The van der Waals surface area contributed by atoms with Gasteiger partial charge in [0.1, 0.15) is 0 Å². The number of hydrogen-bond acceptors (Lipinski definition) is 5. The van der Waals surface area contributed by atoms with Crippen LogP contribution in [0, 0.1) is 11.8 Å². The lowest BCUT2D eigenvalue weighted by atomic mass is 9.86. The number of aromatic nitrogens is 2. The molecule has 1 atom stereocenters. The number of rotatable bonds is 7. The molecule has 1 fully saturated rings. The van der Waals surface area contributed by atoms with Crippen molar-refractivity contribution in [3.63, 3.8) is 0 Å². The van der Waals surface area contributed by atoms with Crippen molar-refractivity contribution in [2.75, 3.05) is 36.0 Å². The first-order valence-corrected chi connectivity index (χ1v) is 12.3. The van der Waals surface area contributed by atoms with Crippen LogP contribution in [-0.2, 0) is 24.2 Å². The average molecular weight is 436 g/mol. The maximum Gasteiger partial charge on any atom is 0.225 e. The lowest BCUT2D eigenvalue weighted by Crippen LogP contribution is -2.34. The molecule has 1 amide bonds. The first kappa shape index (κ1) is 22.6. The summed E-state index contributed by atoms with van der Waals surface area (Å²) < 4.78 is 0. The Morgan fingerprint density at radius 2 is 1.84 bits per heavy atom. The Hall–Kier alpha value is -2.63. The van der Waals surface area contributed by atoms with Gasteiger partial charge in [-0.3, -0.25) is 4.79 Å². The lowest BCUT2D eigenvalue weighted by Gasteiger charge is -2.32. The maximum absolute atomic E-state index is 12.8. The van der Waals surface area contributed by atoms with Gasteiger partial charge in [-0.15, -0.1) is 0 Å². The Balaban J connectivity index is 1.29. The molecule has 2 aliphatic rings. The molecule has 6 nitrogen and oxygen atoms in total. The third-order valence-electron chi connectivity index (χ3n) is 7.11. The first-order valence-electron chi connectivity index (χ1n) is 12.3. The zero-order valence-corrected chi connectivity index (χ0v) is 19.8. The Bertz CT molecular complexity index is 901. The fourth-order valence-electron chi connectivity index (χ4n) is 4.80. The van der Waals surface area contributed by atoms with Crippen molar-refractivity contribution in [3.8, 4) is 0 Å². The van der Waals surface area contributed by atoms with Gasteiger partial charge in [0, 0.05) is 56.2 Å². The van der Waals surface area contributed by atoms with Gasteiger partial charge in [0.15, 0.2) is 0 Å². The molecule has 2 heterocycles. The SMILES string of the molecule is CCN(CC)c1ncc2c(n1)CC[C@H](C(=O)NCc1ccc(N3CCC(C)CC3)cc1)C2. The Morgan fingerprint density at radius 1 is 1.12 bits per heavy atom. The summed E-state index contributed by atoms with van der Waals surface area (Å²) in [6, 6.07) is 8.68. The predicted octanol–water partition coefficient (Wildman–Crippen LogP) is 3.98. The molecule has 0 bridgehead atoms. The molecule has 1 N–H and O–H groups in total. The summed E-state index contributed by atoms with van der Waals surface area (Å²) in [6.07, 6.45) is 6.88. The molecule has 1 aromatic heterocycles. The molecule has 32 heavy (non-hydrogen) atoms. The molecule has 0 saturated carbocycles. The first-order chi connectivity index (χ1) is 15.6. The number of amides is 1. The highest BCUT2D eigenvalue weighted by atomic mass is 16.1. The summed E-state index contributed by atoms with van der Waals surface area (Å²) in [7, 11) is 0. The van der Waals surface area contributed by atoms with Gasteiger partial charge >= 0.3 is 0 Å². The quantitative estimate of drug-likeness (QED) is 0.713. The van der Waals surface area contributed by atoms with E-state index in [2.05, 4.69) is 65.1 Å². The minimum atomic E-state index is 0.0000149. The topological polar surface area (TPSA) is 61.4 Å². The number of anilines is 2. The van der Waals surface area contributed by atoms with Crippen molar-refractivity contribution in [1.82, 2.24) is 15.3 Å². The van der Waals surface area contributed by atoms with Gasteiger partial charge in [-0.25, -0.2) is 9.97 Å². The molecule has 4 rings (SSSR count). The van der Waals surface area contributed by atoms with E-state index in [0.717, 1.165) is 74.1 Å². The lowest BCUT2D eigenvalue weighted by molar-refractivity contribution is -0.125. The summed E-state index contributed by atoms with van der Waals surface area (Å²) >= 11 is 0. The van der Waals surface area contributed by atoms with E-state index in [0.29, 0.717) is 6.54 Å². The highest BCUT2D eigenvalue weighted by Crippen LogP contribution is 2.26. The smallest absolute Gasteiger partial charge is 0.225 e. The van der Waals surface area contributed by atoms with Gasteiger partial charge in [0.05, 0.1) is 0 Å². The van der Waals surface area contributed by atoms with Crippen molar-refractivity contribution in [2.45, 2.75) is 59.4 Å². The van der Waals surface area contributed by atoms with Gasteiger partial charge < -0.3 is 15.1 Å². The van der Waals surface area contributed by atoms with Crippen molar-refractivity contribution < 1.29 is 4.79 Å². The molecule has 172 valence electrons. The maximum atomic E-state index is 12.8. The number of carbonyl (C=O) groups is 1. The third-order valence-corrected chi connectivity index (χ3v) is 7.11. The van der Waals surface area contributed by atoms with Crippen molar-refractivity contribution in [2.24, 2.45) is 11.8 Å². The molecule has 6 heteroatoms. The molecular weight excluding hydrogens is 398 g/mol. The molecule has 1 aliphatic heterocycles. The monoisotopic (exact) mass is 435 g/mol. The predicted molar refractivity (Wildman–Crippen MR) is 130 cm³/mol. The molecule has 2 aromatic rings. The Morgan fingerprint density at radius 3 is 2.53 bits per heavy atom. The van der Waals surface area contributed by atoms with Crippen LogP contribution in [-0.4, -0.2) is 42.1 Å². The molecule has 1 saturated heterocycles. The number of piperidine rings is 1. The van der Waals surface area contributed by atoms with Crippen LogP contribution in [0.2, 0.25) is 0 Å². The van der Waals surface area contributed by atoms with Crippen LogP contribution in [0.1, 0.15) is 56.9 Å². The fraction of sp³-hybridized carbons (Fsp3) is 0.577.